The average molecular weight is 183 g/mol. The van der Waals surface area contributed by atoms with Crippen molar-refractivity contribution in [1.82, 2.24) is 0 Å². The third kappa shape index (κ3) is 0.879. The number of para-hydroxylation sites is 2. The van der Waals surface area contributed by atoms with E-state index in [1.807, 2.05) is 26.2 Å². The van der Waals surface area contributed by atoms with Crippen molar-refractivity contribution in [3.05, 3.63) is 24.3 Å². The average Bonchev–Trinajstić information content (AvgIpc) is 2.33. The number of halogens is 1. The summed E-state index contributed by atoms with van der Waals surface area (Å²) < 4.78 is 0. The van der Waals surface area contributed by atoms with E-state index < -0.39 is 0 Å². The van der Waals surface area contributed by atoms with Crippen molar-refractivity contribution in [2.45, 2.75) is 5.62 Å². The van der Waals surface area contributed by atoms with Gasteiger partial charge in [-0.1, -0.05) is 23.7 Å². The first-order valence-electron chi connectivity index (χ1n) is 3.90. The van der Waals surface area contributed by atoms with E-state index in [9.17, 15) is 0 Å². The summed E-state index contributed by atoms with van der Waals surface area (Å²) in [7, 11) is 4.00. The molecule has 0 fully saturated rings. The van der Waals surface area contributed by atoms with Gasteiger partial charge in [-0.3, -0.25) is 0 Å². The van der Waals surface area contributed by atoms with Crippen LogP contribution in [0.1, 0.15) is 0 Å². The maximum absolute atomic E-state index is 6.13. The highest BCUT2D eigenvalue weighted by Gasteiger charge is 2.28. The molecular weight excluding hydrogens is 172 g/mol. The highest BCUT2D eigenvalue weighted by Crippen LogP contribution is 2.38. The molecule has 2 rings (SSSR count). The lowest BCUT2D eigenvalue weighted by Gasteiger charge is -2.20. The number of fused-ring (bicyclic) bond motifs is 1. The number of hydrogen-bond acceptors (Lipinski definition) is 2. The number of anilines is 2. The fourth-order valence-corrected chi connectivity index (χ4v) is 1.76. The predicted octanol–water partition coefficient (Wildman–Crippen LogP) is 2.09. The zero-order valence-corrected chi connectivity index (χ0v) is 7.92. The monoisotopic (exact) mass is 182 g/mol. The van der Waals surface area contributed by atoms with Gasteiger partial charge in [-0.2, -0.15) is 0 Å². The van der Waals surface area contributed by atoms with Crippen LogP contribution in [0.5, 0.6) is 0 Å². The number of rotatable bonds is 0. The molecule has 0 unspecified atom stereocenters. The molecule has 0 aliphatic carbocycles. The van der Waals surface area contributed by atoms with E-state index >= 15 is 0 Å². The van der Waals surface area contributed by atoms with Crippen LogP contribution in [0.2, 0.25) is 0 Å². The summed E-state index contributed by atoms with van der Waals surface area (Å²) in [6, 6.07) is 8.21. The summed E-state index contributed by atoms with van der Waals surface area (Å²) in [6.45, 7) is 0. The quantitative estimate of drug-likeness (QED) is 0.448. The molecule has 1 aromatic carbocycles. The van der Waals surface area contributed by atoms with Gasteiger partial charge in [-0.15, -0.1) is 0 Å². The Kier molecular flexibility index (Phi) is 1.65. The molecule has 1 aromatic rings. The topological polar surface area (TPSA) is 6.48 Å². The summed E-state index contributed by atoms with van der Waals surface area (Å²) in [5.74, 6) is 0. The van der Waals surface area contributed by atoms with Gasteiger partial charge in [-0.25, -0.2) is 0 Å². The van der Waals surface area contributed by atoms with E-state index in [1.165, 1.54) is 11.4 Å². The third-order valence-electron chi connectivity index (χ3n) is 2.28. The molecule has 0 amide bonds. The van der Waals surface area contributed by atoms with Gasteiger partial charge >= 0.3 is 0 Å². The van der Waals surface area contributed by atoms with Crippen LogP contribution in [-0.2, 0) is 0 Å². The third-order valence-corrected chi connectivity index (χ3v) is 2.87. The van der Waals surface area contributed by atoms with Gasteiger partial charge in [-0.05, 0) is 12.1 Å². The van der Waals surface area contributed by atoms with Crippen molar-refractivity contribution in [1.29, 1.82) is 0 Å². The summed E-state index contributed by atoms with van der Waals surface area (Å²) in [4.78, 5) is 4.10. The van der Waals surface area contributed by atoms with E-state index in [2.05, 4.69) is 21.9 Å². The van der Waals surface area contributed by atoms with Gasteiger partial charge in [0.1, 0.15) is 0 Å². The van der Waals surface area contributed by atoms with E-state index in [0.717, 1.165) is 0 Å². The van der Waals surface area contributed by atoms with Crippen LogP contribution in [0, 0.1) is 0 Å². The largest absolute Gasteiger partial charge is 0.340 e. The van der Waals surface area contributed by atoms with Crippen molar-refractivity contribution in [2.24, 2.45) is 0 Å². The van der Waals surface area contributed by atoms with E-state index in [1.54, 1.807) is 0 Å². The van der Waals surface area contributed by atoms with Crippen LogP contribution >= 0.6 is 11.6 Å². The first kappa shape index (κ1) is 7.74. The first-order valence-corrected chi connectivity index (χ1v) is 4.34. The van der Waals surface area contributed by atoms with Gasteiger partial charge in [0, 0.05) is 14.1 Å². The van der Waals surface area contributed by atoms with Gasteiger partial charge in [0.25, 0.3) is 0 Å². The zero-order chi connectivity index (χ0) is 8.72. The molecule has 0 spiro atoms. The molecule has 0 atom stereocenters. The van der Waals surface area contributed by atoms with Gasteiger partial charge in [0.15, 0.2) is 5.62 Å². The van der Waals surface area contributed by atoms with Crippen molar-refractivity contribution in [2.75, 3.05) is 23.9 Å². The fraction of sp³-hybridized carbons (Fsp3) is 0.333. The normalized spacial score (nSPS) is 16.9. The summed E-state index contributed by atoms with van der Waals surface area (Å²) >= 11 is 6.13. The maximum Gasteiger partial charge on any atom is 0.179 e. The molecule has 0 bridgehead atoms. The fourth-order valence-electron chi connectivity index (χ4n) is 1.55. The molecule has 12 heavy (non-hydrogen) atoms. The molecule has 1 aliphatic heterocycles. The zero-order valence-electron chi connectivity index (χ0n) is 7.16. The molecule has 1 heterocycles. The van der Waals surface area contributed by atoms with Crippen LogP contribution in [0.25, 0.3) is 0 Å². The highest BCUT2D eigenvalue weighted by molar-refractivity contribution is 6.24. The molecule has 0 saturated carbocycles. The lowest BCUT2D eigenvalue weighted by Crippen LogP contribution is -2.33. The Hall–Kier alpha value is -0.890. The summed E-state index contributed by atoms with van der Waals surface area (Å²) in [5.41, 5.74) is 2.34. The Morgan fingerprint density at radius 2 is 1.50 bits per heavy atom. The van der Waals surface area contributed by atoms with Crippen molar-refractivity contribution >= 4 is 23.0 Å². The van der Waals surface area contributed by atoms with Crippen LogP contribution in [0.4, 0.5) is 11.4 Å². The van der Waals surface area contributed by atoms with E-state index in [-0.39, 0.29) is 5.62 Å². The first-order chi connectivity index (χ1) is 5.72. The SMILES string of the molecule is CN1c2ccccc2N(C)C1Cl. The minimum Gasteiger partial charge on any atom is -0.340 e. The van der Waals surface area contributed by atoms with Crippen molar-refractivity contribution < 1.29 is 0 Å². The number of nitrogens with zero attached hydrogens (tertiary/aromatic N) is 2. The Bertz CT molecular complexity index is 271. The van der Waals surface area contributed by atoms with Crippen LogP contribution in [-0.4, -0.2) is 19.7 Å². The Morgan fingerprint density at radius 3 is 1.92 bits per heavy atom. The van der Waals surface area contributed by atoms with Crippen molar-refractivity contribution in [3.63, 3.8) is 0 Å². The maximum atomic E-state index is 6.13. The summed E-state index contributed by atoms with van der Waals surface area (Å²) in [6.07, 6.45) is 0. The molecule has 3 heteroatoms. The minimum atomic E-state index is -0.0533. The number of benzene rings is 1. The molecular formula is C9H11ClN2. The van der Waals surface area contributed by atoms with Crippen LogP contribution < -0.4 is 9.80 Å². The smallest absolute Gasteiger partial charge is 0.179 e. The second-order valence-electron chi connectivity index (χ2n) is 3.02. The van der Waals surface area contributed by atoms with Gasteiger partial charge < -0.3 is 9.80 Å². The van der Waals surface area contributed by atoms with Crippen LogP contribution in [0.3, 0.4) is 0 Å². The molecule has 2 nitrogen and oxygen atoms in total. The lowest BCUT2D eigenvalue weighted by atomic mass is 10.3. The standard InChI is InChI=1S/C9H11ClN2/c1-11-7-5-3-4-6-8(7)12(2)9(11)10/h3-6,9H,1-2H3. The number of hydrogen-bond donors (Lipinski definition) is 0. The molecule has 1 aliphatic rings. The molecule has 0 N–H and O–H groups in total. The lowest BCUT2D eigenvalue weighted by molar-refractivity contribution is 0.845. The molecule has 64 valence electrons. The highest BCUT2D eigenvalue weighted by atomic mass is 35.5. The molecule has 0 aromatic heterocycles. The van der Waals surface area contributed by atoms with Crippen molar-refractivity contribution in [3.8, 4) is 0 Å². The Labute approximate surface area is 77.3 Å². The Balaban J connectivity index is 2.52. The van der Waals surface area contributed by atoms with Gasteiger partial charge in [0.2, 0.25) is 0 Å². The molecule has 0 saturated heterocycles. The second-order valence-corrected chi connectivity index (χ2v) is 3.41. The number of alkyl halides is 1. The van der Waals surface area contributed by atoms with E-state index in [4.69, 9.17) is 11.6 Å². The second kappa shape index (κ2) is 2.56. The van der Waals surface area contributed by atoms with E-state index in [0.29, 0.717) is 0 Å². The summed E-state index contributed by atoms with van der Waals surface area (Å²) in [5, 5.41) is 0. The molecule has 0 radical (unpaired) electrons. The van der Waals surface area contributed by atoms with Gasteiger partial charge in [0.05, 0.1) is 11.4 Å². The minimum absolute atomic E-state index is 0.0533. The Morgan fingerprint density at radius 1 is 1.08 bits per heavy atom. The van der Waals surface area contributed by atoms with Crippen LogP contribution in [0.15, 0.2) is 24.3 Å². The predicted molar refractivity (Wildman–Crippen MR) is 52.9 cm³/mol.